The van der Waals surface area contributed by atoms with Crippen molar-refractivity contribution in [3.8, 4) is 16.9 Å². The van der Waals surface area contributed by atoms with E-state index < -0.39 is 0 Å². The zero-order valence-electron chi connectivity index (χ0n) is 22.1. The highest BCUT2D eigenvalue weighted by atomic mass is 16.5. The first kappa shape index (κ1) is 24.3. The van der Waals surface area contributed by atoms with Gasteiger partial charge in [0.15, 0.2) is 0 Å². The van der Waals surface area contributed by atoms with E-state index in [0.29, 0.717) is 17.9 Å². The predicted molar refractivity (Wildman–Crippen MR) is 154 cm³/mol. The van der Waals surface area contributed by atoms with E-state index in [2.05, 4.69) is 32.7 Å². The van der Waals surface area contributed by atoms with Gasteiger partial charge in [-0.15, -0.1) is 0 Å². The van der Waals surface area contributed by atoms with E-state index in [1.165, 1.54) is 5.56 Å². The minimum absolute atomic E-state index is 0.0154. The van der Waals surface area contributed by atoms with Crippen LogP contribution in [0.2, 0.25) is 0 Å². The fraction of sp³-hybridized carbons (Fsp3) is 0.250. The molecule has 1 aliphatic carbocycles. The molecule has 0 radical (unpaired) electrons. The molecule has 3 aliphatic rings. The van der Waals surface area contributed by atoms with Crippen molar-refractivity contribution in [3.63, 3.8) is 0 Å². The van der Waals surface area contributed by atoms with Crippen LogP contribution in [-0.2, 0) is 9.59 Å². The molecule has 1 saturated carbocycles. The van der Waals surface area contributed by atoms with Gasteiger partial charge in [0, 0.05) is 53.5 Å². The summed E-state index contributed by atoms with van der Waals surface area (Å²) in [5, 5.41) is 6.34. The number of amides is 2. The summed E-state index contributed by atoms with van der Waals surface area (Å²) < 4.78 is 6.28. The van der Waals surface area contributed by atoms with E-state index in [4.69, 9.17) is 4.74 Å². The van der Waals surface area contributed by atoms with Gasteiger partial charge >= 0.3 is 0 Å². The van der Waals surface area contributed by atoms with Gasteiger partial charge in [-0.3, -0.25) is 14.6 Å². The van der Waals surface area contributed by atoms with Gasteiger partial charge < -0.3 is 20.3 Å². The summed E-state index contributed by atoms with van der Waals surface area (Å²) in [5.41, 5.74) is 6.44. The van der Waals surface area contributed by atoms with Crippen molar-refractivity contribution < 1.29 is 14.3 Å². The van der Waals surface area contributed by atoms with Crippen LogP contribution in [0.5, 0.6) is 5.75 Å². The molecule has 0 spiro atoms. The van der Waals surface area contributed by atoms with Crippen molar-refractivity contribution in [2.45, 2.75) is 38.2 Å². The lowest BCUT2D eigenvalue weighted by molar-refractivity contribution is -0.118. The summed E-state index contributed by atoms with van der Waals surface area (Å²) in [6.07, 6.45) is 7.37. The van der Waals surface area contributed by atoms with Crippen molar-refractivity contribution in [1.82, 2.24) is 9.97 Å². The first-order chi connectivity index (χ1) is 19.5. The Kier molecular flexibility index (Phi) is 5.95. The second kappa shape index (κ2) is 9.79. The Bertz CT molecular complexity index is 1620. The normalized spacial score (nSPS) is 20.8. The number of anilines is 4. The molecule has 2 unspecified atom stereocenters. The average molecular weight is 532 g/mol. The number of hydrogen-bond acceptors (Lipinski definition) is 6. The number of nitrogens with one attached hydrogen (secondary N) is 2. The Morgan fingerprint density at radius 3 is 2.67 bits per heavy atom. The lowest BCUT2D eigenvalue weighted by atomic mass is 9.94. The molecule has 3 atom stereocenters. The predicted octanol–water partition coefficient (Wildman–Crippen LogP) is 6.21. The number of carbonyl (C=O) groups excluding carboxylic acids is 2. The van der Waals surface area contributed by atoms with Crippen LogP contribution >= 0.6 is 0 Å². The van der Waals surface area contributed by atoms with Crippen LogP contribution in [0.15, 0.2) is 79.3 Å². The van der Waals surface area contributed by atoms with Gasteiger partial charge in [-0.2, -0.15) is 0 Å². The van der Waals surface area contributed by atoms with Crippen LogP contribution in [-0.4, -0.2) is 28.3 Å². The number of nitrogens with zero attached hydrogens (tertiary/aromatic N) is 3. The SMILES string of the molecule is CC1Oc2cc(N3CCCC3=O)ccc2-c2cnc(Nc3cncc(NC(=O)C4C[C@@H]4c4ccccc4)c3)cc21. The van der Waals surface area contributed by atoms with Gasteiger partial charge in [0.1, 0.15) is 17.7 Å². The number of carbonyl (C=O) groups is 2. The molecular weight excluding hydrogens is 502 g/mol. The van der Waals surface area contributed by atoms with E-state index in [1.54, 1.807) is 12.4 Å². The second-order valence-electron chi connectivity index (χ2n) is 10.7. The zero-order valence-corrected chi connectivity index (χ0v) is 22.1. The van der Waals surface area contributed by atoms with E-state index in [9.17, 15) is 9.59 Å². The Morgan fingerprint density at radius 2 is 1.85 bits per heavy atom. The van der Waals surface area contributed by atoms with Gasteiger partial charge in [-0.1, -0.05) is 30.3 Å². The summed E-state index contributed by atoms with van der Waals surface area (Å²) in [7, 11) is 0. The third-order valence-electron chi connectivity index (χ3n) is 7.95. The van der Waals surface area contributed by atoms with Crippen LogP contribution in [0.1, 0.15) is 49.3 Å². The zero-order chi connectivity index (χ0) is 27.2. The molecule has 8 nitrogen and oxygen atoms in total. The summed E-state index contributed by atoms with van der Waals surface area (Å²) in [6.45, 7) is 2.76. The highest BCUT2D eigenvalue weighted by molar-refractivity contribution is 5.96. The third kappa shape index (κ3) is 4.55. The van der Waals surface area contributed by atoms with Crippen LogP contribution in [0.3, 0.4) is 0 Å². The maximum atomic E-state index is 12.8. The van der Waals surface area contributed by atoms with Crippen LogP contribution in [0.4, 0.5) is 22.9 Å². The van der Waals surface area contributed by atoms with E-state index in [0.717, 1.165) is 53.2 Å². The van der Waals surface area contributed by atoms with Crippen LogP contribution < -0.4 is 20.3 Å². The quantitative estimate of drug-likeness (QED) is 0.307. The average Bonchev–Trinajstić information content (AvgIpc) is 3.67. The molecule has 4 aromatic rings. The summed E-state index contributed by atoms with van der Waals surface area (Å²) >= 11 is 0. The number of ether oxygens (including phenoxy) is 1. The third-order valence-corrected chi connectivity index (χ3v) is 7.95. The molecule has 200 valence electrons. The molecular formula is C32H29N5O3. The molecule has 2 aliphatic heterocycles. The minimum atomic E-state index is -0.185. The highest BCUT2D eigenvalue weighted by Crippen LogP contribution is 2.48. The Hall–Kier alpha value is -4.72. The Morgan fingerprint density at radius 1 is 1.00 bits per heavy atom. The van der Waals surface area contributed by atoms with E-state index in [-0.39, 0.29) is 29.8 Å². The molecule has 7 rings (SSSR count). The summed E-state index contributed by atoms with van der Waals surface area (Å²) in [4.78, 5) is 35.8. The van der Waals surface area contributed by atoms with Crippen molar-refractivity contribution in [2.24, 2.45) is 5.92 Å². The first-order valence-electron chi connectivity index (χ1n) is 13.7. The molecule has 0 bridgehead atoms. The van der Waals surface area contributed by atoms with Gasteiger partial charge in [0.2, 0.25) is 11.8 Å². The van der Waals surface area contributed by atoms with Crippen molar-refractivity contribution in [1.29, 1.82) is 0 Å². The van der Waals surface area contributed by atoms with Crippen LogP contribution in [0.25, 0.3) is 11.1 Å². The number of rotatable bonds is 6. The summed E-state index contributed by atoms with van der Waals surface area (Å²) in [5.74, 6) is 1.85. The molecule has 2 aromatic carbocycles. The topological polar surface area (TPSA) is 96.4 Å². The first-order valence-corrected chi connectivity index (χ1v) is 13.7. The maximum absolute atomic E-state index is 12.8. The van der Waals surface area contributed by atoms with Gasteiger partial charge in [-0.25, -0.2) is 4.98 Å². The van der Waals surface area contributed by atoms with Crippen molar-refractivity contribution in [3.05, 3.63) is 90.4 Å². The monoisotopic (exact) mass is 531 g/mol. The number of hydrogen-bond donors (Lipinski definition) is 2. The number of fused-ring (bicyclic) bond motifs is 3. The number of pyridine rings is 2. The summed E-state index contributed by atoms with van der Waals surface area (Å²) in [6, 6.07) is 20.0. The fourth-order valence-corrected chi connectivity index (χ4v) is 5.79. The van der Waals surface area contributed by atoms with Gasteiger partial charge in [0.05, 0.1) is 23.8 Å². The minimum Gasteiger partial charge on any atom is -0.485 e. The molecule has 4 heterocycles. The van der Waals surface area contributed by atoms with Crippen molar-refractivity contribution >= 4 is 34.7 Å². The fourth-order valence-electron chi connectivity index (χ4n) is 5.79. The standard InChI is InChI=1S/C32H29N5O3/c1-19-25-15-30(34-18-28(25)24-10-9-23(13-29(24)40-19)37-11-5-8-31(37)38)35-21-12-22(17-33-16-21)36-32(39)27-14-26(27)20-6-3-2-4-7-20/h2-4,6-7,9-10,12-13,15-19,26-27H,5,8,11,14H2,1H3,(H,34,35)(H,36,39)/t19?,26-,27?/m1/s1. The molecule has 2 amide bonds. The Labute approximate surface area is 232 Å². The number of benzene rings is 2. The smallest absolute Gasteiger partial charge is 0.228 e. The lowest BCUT2D eigenvalue weighted by Crippen LogP contribution is -2.24. The van der Waals surface area contributed by atoms with Gasteiger partial charge in [0.25, 0.3) is 0 Å². The van der Waals surface area contributed by atoms with Crippen molar-refractivity contribution in [2.75, 3.05) is 22.1 Å². The second-order valence-corrected chi connectivity index (χ2v) is 10.7. The molecule has 2 fully saturated rings. The molecule has 1 saturated heterocycles. The Balaban J connectivity index is 1.06. The maximum Gasteiger partial charge on any atom is 0.228 e. The lowest BCUT2D eigenvalue weighted by Gasteiger charge is -2.28. The number of aromatic nitrogens is 2. The van der Waals surface area contributed by atoms with Crippen LogP contribution in [0, 0.1) is 5.92 Å². The molecule has 2 N–H and O–H groups in total. The molecule has 2 aromatic heterocycles. The van der Waals surface area contributed by atoms with E-state index >= 15 is 0 Å². The van der Waals surface area contributed by atoms with E-state index in [1.807, 2.05) is 66.6 Å². The molecule has 40 heavy (non-hydrogen) atoms. The largest absolute Gasteiger partial charge is 0.485 e. The van der Waals surface area contributed by atoms with Gasteiger partial charge in [-0.05, 0) is 55.5 Å². The highest BCUT2D eigenvalue weighted by Gasteiger charge is 2.43. The molecule has 8 heteroatoms.